The summed E-state index contributed by atoms with van der Waals surface area (Å²) in [5.74, 6) is -0.522. The molecule has 0 aromatic heterocycles. The normalized spacial score (nSPS) is 10.2. The Morgan fingerprint density at radius 1 is 1.08 bits per heavy atom. The minimum atomic E-state index is -0.400. The molecule has 0 atom stereocenters. The van der Waals surface area contributed by atoms with Gasteiger partial charge in [-0.25, -0.2) is 4.79 Å². The van der Waals surface area contributed by atoms with Gasteiger partial charge in [-0.2, -0.15) is 0 Å². The van der Waals surface area contributed by atoms with Gasteiger partial charge in [0.15, 0.2) is 0 Å². The van der Waals surface area contributed by atoms with Gasteiger partial charge in [-0.1, -0.05) is 12.1 Å². The summed E-state index contributed by atoms with van der Waals surface area (Å²) < 4.78 is 4.65. The first-order valence-electron chi connectivity index (χ1n) is 7.67. The van der Waals surface area contributed by atoms with Crippen molar-refractivity contribution in [3.8, 4) is 0 Å². The van der Waals surface area contributed by atoms with E-state index in [0.29, 0.717) is 11.3 Å². The number of benzene rings is 2. The molecule has 0 bridgehead atoms. The Hall–Kier alpha value is -2.82. The standard InChI is InChI=1S/C19H22N2O3/c1-13-5-6-14(2)17(11-13)21(3)12-18(22)20-16-9-7-15(8-10-16)19(23)24-4/h5-11H,12H2,1-4H3,(H,20,22). The molecule has 0 spiro atoms. The summed E-state index contributed by atoms with van der Waals surface area (Å²) in [5, 5.41) is 2.83. The number of rotatable bonds is 5. The number of ether oxygens (including phenoxy) is 1. The number of likely N-dealkylation sites (N-methyl/N-ethyl adjacent to an activating group) is 1. The summed E-state index contributed by atoms with van der Waals surface area (Å²) in [5.41, 5.74) is 4.40. The zero-order valence-corrected chi connectivity index (χ0v) is 14.4. The van der Waals surface area contributed by atoms with Gasteiger partial charge >= 0.3 is 5.97 Å². The third-order valence-electron chi connectivity index (χ3n) is 3.75. The average molecular weight is 326 g/mol. The number of carbonyl (C=O) groups excluding carboxylic acids is 2. The first-order valence-corrected chi connectivity index (χ1v) is 7.67. The van der Waals surface area contributed by atoms with Crippen LogP contribution in [0.4, 0.5) is 11.4 Å². The van der Waals surface area contributed by atoms with Crippen molar-refractivity contribution in [2.45, 2.75) is 13.8 Å². The molecule has 0 fully saturated rings. The zero-order chi connectivity index (χ0) is 17.7. The fourth-order valence-electron chi connectivity index (χ4n) is 2.44. The molecule has 0 unspecified atom stereocenters. The van der Waals surface area contributed by atoms with Crippen LogP contribution in [-0.4, -0.2) is 32.6 Å². The van der Waals surface area contributed by atoms with Crippen molar-refractivity contribution < 1.29 is 14.3 Å². The predicted octanol–water partition coefficient (Wildman–Crippen LogP) is 3.16. The summed E-state index contributed by atoms with van der Waals surface area (Å²) in [6, 6.07) is 12.8. The number of amides is 1. The number of hydrogen-bond acceptors (Lipinski definition) is 4. The van der Waals surface area contributed by atoms with E-state index in [4.69, 9.17) is 0 Å². The predicted molar refractivity (Wildman–Crippen MR) is 95.6 cm³/mol. The van der Waals surface area contributed by atoms with Crippen LogP contribution in [-0.2, 0) is 9.53 Å². The van der Waals surface area contributed by atoms with Gasteiger partial charge in [-0.15, -0.1) is 0 Å². The Morgan fingerprint density at radius 2 is 1.75 bits per heavy atom. The number of hydrogen-bond donors (Lipinski definition) is 1. The van der Waals surface area contributed by atoms with E-state index in [2.05, 4.69) is 22.2 Å². The molecule has 5 heteroatoms. The van der Waals surface area contributed by atoms with E-state index in [9.17, 15) is 9.59 Å². The molecule has 1 N–H and O–H groups in total. The molecule has 24 heavy (non-hydrogen) atoms. The molecular formula is C19H22N2O3. The molecule has 0 radical (unpaired) electrons. The molecule has 0 aliphatic rings. The number of nitrogens with one attached hydrogen (secondary N) is 1. The van der Waals surface area contributed by atoms with E-state index in [-0.39, 0.29) is 12.5 Å². The topological polar surface area (TPSA) is 58.6 Å². The Morgan fingerprint density at radius 3 is 2.38 bits per heavy atom. The van der Waals surface area contributed by atoms with Gasteiger partial charge in [0, 0.05) is 18.4 Å². The van der Waals surface area contributed by atoms with E-state index in [1.165, 1.54) is 7.11 Å². The van der Waals surface area contributed by atoms with Crippen molar-refractivity contribution in [3.63, 3.8) is 0 Å². The van der Waals surface area contributed by atoms with Gasteiger partial charge < -0.3 is 15.0 Å². The second-order valence-electron chi connectivity index (χ2n) is 5.76. The number of methoxy groups -OCH3 is 1. The molecule has 0 aliphatic heterocycles. The quantitative estimate of drug-likeness (QED) is 0.858. The van der Waals surface area contributed by atoms with Crippen LogP contribution in [0, 0.1) is 13.8 Å². The first kappa shape index (κ1) is 17.5. The highest BCUT2D eigenvalue weighted by Gasteiger charge is 2.11. The summed E-state index contributed by atoms with van der Waals surface area (Å²) in [6.45, 7) is 4.29. The van der Waals surface area contributed by atoms with Crippen molar-refractivity contribution in [1.29, 1.82) is 0 Å². The smallest absolute Gasteiger partial charge is 0.337 e. The Labute approximate surface area is 142 Å². The number of aryl methyl sites for hydroxylation is 2. The van der Waals surface area contributed by atoms with Crippen molar-refractivity contribution in [3.05, 3.63) is 59.2 Å². The molecule has 1 amide bonds. The third-order valence-corrected chi connectivity index (χ3v) is 3.75. The van der Waals surface area contributed by atoms with Gasteiger partial charge in [0.05, 0.1) is 19.2 Å². The maximum absolute atomic E-state index is 12.2. The summed E-state index contributed by atoms with van der Waals surface area (Å²) in [4.78, 5) is 25.5. The molecule has 126 valence electrons. The van der Waals surface area contributed by atoms with Crippen LogP contribution in [0.2, 0.25) is 0 Å². The molecule has 2 rings (SSSR count). The Balaban J connectivity index is 2.00. The van der Waals surface area contributed by atoms with Crippen LogP contribution in [0.5, 0.6) is 0 Å². The van der Waals surface area contributed by atoms with Crippen molar-refractivity contribution >= 4 is 23.3 Å². The highest BCUT2D eigenvalue weighted by atomic mass is 16.5. The second-order valence-corrected chi connectivity index (χ2v) is 5.76. The van der Waals surface area contributed by atoms with Gasteiger partial charge in [0.2, 0.25) is 5.91 Å². The largest absolute Gasteiger partial charge is 0.465 e. The summed E-state index contributed by atoms with van der Waals surface area (Å²) in [7, 11) is 3.23. The van der Waals surface area contributed by atoms with Crippen LogP contribution in [0.3, 0.4) is 0 Å². The lowest BCUT2D eigenvalue weighted by Gasteiger charge is -2.21. The zero-order valence-electron chi connectivity index (χ0n) is 14.4. The summed E-state index contributed by atoms with van der Waals surface area (Å²) in [6.07, 6.45) is 0. The Bertz CT molecular complexity index is 739. The lowest BCUT2D eigenvalue weighted by Crippen LogP contribution is -2.30. The average Bonchev–Trinajstić information content (AvgIpc) is 2.56. The molecule has 0 heterocycles. The van der Waals surface area contributed by atoms with Crippen LogP contribution < -0.4 is 10.2 Å². The van der Waals surface area contributed by atoms with Crippen molar-refractivity contribution in [2.75, 3.05) is 30.9 Å². The lowest BCUT2D eigenvalue weighted by atomic mass is 10.1. The first-order chi connectivity index (χ1) is 11.4. The number of nitrogens with zero attached hydrogens (tertiary/aromatic N) is 1. The van der Waals surface area contributed by atoms with E-state index in [1.54, 1.807) is 24.3 Å². The molecule has 0 aliphatic carbocycles. The number of esters is 1. The SMILES string of the molecule is COC(=O)c1ccc(NC(=O)CN(C)c2cc(C)ccc2C)cc1. The van der Waals surface area contributed by atoms with Gasteiger partial charge in [-0.3, -0.25) is 4.79 Å². The minimum Gasteiger partial charge on any atom is -0.465 e. The third kappa shape index (κ3) is 4.35. The van der Waals surface area contributed by atoms with Crippen LogP contribution >= 0.6 is 0 Å². The van der Waals surface area contributed by atoms with E-state index < -0.39 is 5.97 Å². The molecule has 2 aromatic carbocycles. The maximum atomic E-state index is 12.2. The number of anilines is 2. The molecule has 5 nitrogen and oxygen atoms in total. The number of carbonyl (C=O) groups is 2. The van der Waals surface area contributed by atoms with Gasteiger partial charge in [0.1, 0.15) is 0 Å². The Kier molecular flexibility index (Phi) is 5.58. The fourth-order valence-corrected chi connectivity index (χ4v) is 2.44. The molecule has 2 aromatic rings. The van der Waals surface area contributed by atoms with Crippen molar-refractivity contribution in [2.24, 2.45) is 0 Å². The highest BCUT2D eigenvalue weighted by molar-refractivity contribution is 5.95. The van der Waals surface area contributed by atoms with Gasteiger partial charge in [0.25, 0.3) is 0 Å². The minimum absolute atomic E-state index is 0.121. The van der Waals surface area contributed by atoms with Crippen LogP contribution in [0.1, 0.15) is 21.5 Å². The van der Waals surface area contributed by atoms with E-state index >= 15 is 0 Å². The summed E-state index contributed by atoms with van der Waals surface area (Å²) >= 11 is 0. The van der Waals surface area contributed by atoms with E-state index in [0.717, 1.165) is 16.8 Å². The lowest BCUT2D eigenvalue weighted by molar-refractivity contribution is -0.114. The van der Waals surface area contributed by atoms with Crippen molar-refractivity contribution in [1.82, 2.24) is 0 Å². The molecular weight excluding hydrogens is 304 g/mol. The maximum Gasteiger partial charge on any atom is 0.337 e. The van der Waals surface area contributed by atoms with Crippen LogP contribution in [0.15, 0.2) is 42.5 Å². The molecule has 0 saturated carbocycles. The highest BCUT2D eigenvalue weighted by Crippen LogP contribution is 2.20. The van der Waals surface area contributed by atoms with Gasteiger partial charge in [-0.05, 0) is 55.3 Å². The second kappa shape index (κ2) is 7.64. The molecule has 0 saturated heterocycles. The van der Waals surface area contributed by atoms with Crippen LogP contribution in [0.25, 0.3) is 0 Å². The van der Waals surface area contributed by atoms with E-state index in [1.807, 2.05) is 31.9 Å². The fraction of sp³-hybridized carbons (Fsp3) is 0.263. The monoisotopic (exact) mass is 326 g/mol.